The Morgan fingerprint density at radius 1 is 1.22 bits per heavy atom. The molecule has 2 amide bonds. The predicted octanol–water partition coefficient (Wildman–Crippen LogP) is 4.64. The van der Waals surface area contributed by atoms with Crippen LogP contribution in [0.15, 0.2) is 53.4 Å². The summed E-state index contributed by atoms with van der Waals surface area (Å²) in [6.45, 7) is 0.678. The monoisotopic (exact) mass is 410 g/mol. The number of amides is 2. The van der Waals surface area contributed by atoms with E-state index in [1.807, 2.05) is 18.2 Å². The van der Waals surface area contributed by atoms with Crippen molar-refractivity contribution in [1.29, 1.82) is 0 Å². The Kier molecular flexibility index (Phi) is 6.34. The molecule has 8 heteroatoms. The van der Waals surface area contributed by atoms with Crippen molar-refractivity contribution >= 4 is 40.9 Å². The van der Waals surface area contributed by atoms with E-state index in [9.17, 15) is 18.4 Å². The molecule has 142 valence electrons. The van der Waals surface area contributed by atoms with Gasteiger partial charge in [0.2, 0.25) is 11.8 Å². The molecule has 0 radical (unpaired) electrons. The fourth-order valence-electron chi connectivity index (χ4n) is 2.90. The predicted molar refractivity (Wildman–Crippen MR) is 102 cm³/mol. The maximum Gasteiger partial charge on any atom is 0.288 e. The maximum absolute atomic E-state index is 12.4. The van der Waals surface area contributed by atoms with Crippen LogP contribution in [0.1, 0.15) is 12.0 Å². The van der Waals surface area contributed by atoms with Crippen molar-refractivity contribution in [3.05, 3.63) is 59.1 Å². The van der Waals surface area contributed by atoms with Gasteiger partial charge in [-0.05, 0) is 35.9 Å². The van der Waals surface area contributed by atoms with Crippen molar-refractivity contribution in [3.8, 4) is 0 Å². The quantitative estimate of drug-likeness (QED) is 0.706. The molecule has 1 saturated heterocycles. The summed E-state index contributed by atoms with van der Waals surface area (Å²) < 4.78 is 24.7. The molecule has 0 saturated carbocycles. The Balaban J connectivity index is 1.58. The van der Waals surface area contributed by atoms with Crippen LogP contribution < -0.4 is 5.32 Å². The number of thioether (sulfide) groups is 1. The Hall–Kier alpha value is -2.12. The third kappa shape index (κ3) is 5.20. The van der Waals surface area contributed by atoms with Gasteiger partial charge < -0.3 is 10.2 Å². The fourth-order valence-corrected chi connectivity index (χ4v) is 3.59. The number of halogens is 3. The van der Waals surface area contributed by atoms with E-state index >= 15 is 0 Å². The molecule has 0 aromatic heterocycles. The van der Waals surface area contributed by atoms with Crippen LogP contribution in [0, 0.1) is 5.92 Å². The molecule has 1 aliphatic rings. The van der Waals surface area contributed by atoms with E-state index in [-0.39, 0.29) is 18.2 Å². The highest BCUT2D eigenvalue weighted by Gasteiger charge is 2.34. The lowest BCUT2D eigenvalue weighted by molar-refractivity contribution is -0.128. The van der Waals surface area contributed by atoms with Crippen LogP contribution >= 0.6 is 23.4 Å². The molecule has 1 aliphatic heterocycles. The minimum Gasteiger partial charge on any atom is -0.337 e. The molecule has 0 aliphatic carbocycles. The zero-order valence-corrected chi connectivity index (χ0v) is 15.8. The molecule has 1 atom stereocenters. The lowest BCUT2D eigenvalue weighted by Gasteiger charge is -2.17. The number of hydrogen-bond donors (Lipinski definition) is 1. The van der Waals surface area contributed by atoms with E-state index in [0.29, 0.717) is 40.5 Å². The minimum absolute atomic E-state index is 0.0984. The third-order valence-corrected chi connectivity index (χ3v) is 5.34. The molecule has 0 unspecified atom stereocenters. The van der Waals surface area contributed by atoms with Gasteiger partial charge in [0.1, 0.15) is 0 Å². The van der Waals surface area contributed by atoms with E-state index in [1.165, 1.54) is 12.1 Å². The highest BCUT2D eigenvalue weighted by atomic mass is 35.5. The first-order valence-electron chi connectivity index (χ1n) is 8.29. The first-order valence-corrected chi connectivity index (χ1v) is 9.55. The Morgan fingerprint density at radius 2 is 1.93 bits per heavy atom. The summed E-state index contributed by atoms with van der Waals surface area (Å²) in [4.78, 5) is 26.7. The molecule has 27 heavy (non-hydrogen) atoms. The van der Waals surface area contributed by atoms with Crippen LogP contribution in [0.5, 0.6) is 0 Å². The fraction of sp³-hybridized carbons (Fsp3) is 0.263. The second-order valence-electron chi connectivity index (χ2n) is 6.16. The summed E-state index contributed by atoms with van der Waals surface area (Å²) in [5.41, 5.74) is 1.34. The molecular formula is C19H17ClF2N2O2S. The van der Waals surface area contributed by atoms with Crippen molar-refractivity contribution in [2.75, 3.05) is 11.9 Å². The van der Waals surface area contributed by atoms with Gasteiger partial charge in [0.05, 0.1) is 5.92 Å². The van der Waals surface area contributed by atoms with E-state index in [1.54, 1.807) is 23.1 Å². The molecular weight excluding hydrogens is 394 g/mol. The molecule has 1 N–H and O–H groups in total. The number of hydrogen-bond acceptors (Lipinski definition) is 3. The first kappa shape index (κ1) is 19.6. The van der Waals surface area contributed by atoms with Gasteiger partial charge in [0.25, 0.3) is 5.76 Å². The summed E-state index contributed by atoms with van der Waals surface area (Å²) in [5.74, 6) is -3.31. The van der Waals surface area contributed by atoms with Crippen LogP contribution in [-0.2, 0) is 16.1 Å². The van der Waals surface area contributed by atoms with Gasteiger partial charge in [0.15, 0.2) is 0 Å². The highest BCUT2D eigenvalue weighted by molar-refractivity contribution is 7.99. The number of likely N-dealkylation sites (tertiary alicyclic amines) is 1. The van der Waals surface area contributed by atoms with Gasteiger partial charge in [-0.1, -0.05) is 41.6 Å². The second kappa shape index (κ2) is 8.71. The topological polar surface area (TPSA) is 49.4 Å². The number of alkyl halides is 2. The van der Waals surface area contributed by atoms with Crippen molar-refractivity contribution in [1.82, 2.24) is 4.90 Å². The summed E-state index contributed by atoms with van der Waals surface area (Å²) in [6, 6.07) is 13.5. The van der Waals surface area contributed by atoms with E-state index in [0.717, 1.165) is 5.56 Å². The van der Waals surface area contributed by atoms with E-state index in [2.05, 4.69) is 5.32 Å². The maximum atomic E-state index is 12.4. The minimum atomic E-state index is -2.49. The third-order valence-electron chi connectivity index (χ3n) is 4.25. The molecule has 2 aromatic rings. The lowest BCUT2D eigenvalue weighted by Crippen LogP contribution is -2.28. The normalized spacial score (nSPS) is 16.8. The first-order chi connectivity index (χ1) is 12.9. The van der Waals surface area contributed by atoms with Gasteiger partial charge in [0, 0.05) is 35.1 Å². The van der Waals surface area contributed by atoms with Gasteiger partial charge in [-0.2, -0.15) is 8.78 Å². The van der Waals surface area contributed by atoms with Gasteiger partial charge in [-0.3, -0.25) is 9.59 Å². The summed E-state index contributed by atoms with van der Waals surface area (Å²) in [5, 5.41) is 3.32. The molecule has 1 fully saturated rings. The van der Waals surface area contributed by atoms with Crippen LogP contribution in [-0.4, -0.2) is 29.0 Å². The van der Waals surface area contributed by atoms with Gasteiger partial charge >= 0.3 is 0 Å². The number of benzene rings is 2. The molecule has 0 spiro atoms. The molecule has 0 bridgehead atoms. The zero-order valence-electron chi connectivity index (χ0n) is 14.2. The highest BCUT2D eigenvalue weighted by Crippen LogP contribution is 2.27. The van der Waals surface area contributed by atoms with Crippen LogP contribution in [0.4, 0.5) is 14.5 Å². The summed E-state index contributed by atoms with van der Waals surface area (Å²) in [7, 11) is 0. The summed E-state index contributed by atoms with van der Waals surface area (Å²) >= 11 is 6.58. The van der Waals surface area contributed by atoms with Crippen molar-refractivity contribution in [2.24, 2.45) is 5.92 Å². The van der Waals surface area contributed by atoms with Crippen molar-refractivity contribution in [2.45, 2.75) is 23.6 Å². The summed E-state index contributed by atoms with van der Waals surface area (Å²) in [6.07, 6.45) is 0.135. The number of rotatable bonds is 6. The van der Waals surface area contributed by atoms with Gasteiger partial charge in [-0.15, -0.1) is 0 Å². The van der Waals surface area contributed by atoms with E-state index in [4.69, 9.17) is 11.6 Å². The average Bonchev–Trinajstić information content (AvgIpc) is 2.99. The SMILES string of the molecule is O=C(Nc1ccc(SC(F)F)cc1)[C@@H]1CC(=O)N(Cc2ccccc2Cl)C1. The van der Waals surface area contributed by atoms with Crippen molar-refractivity contribution < 1.29 is 18.4 Å². The van der Waals surface area contributed by atoms with E-state index < -0.39 is 11.7 Å². The molecule has 3 rings (SSSR count). The van der Waals surface area contributed by atoms with Crippen LogP contribution in [0.3, 0.4) is 0 Å². The molecule has 4 nitrogen and oxygen atoms in total. The number of carbonyl (C=O) groups excluding carboxylic acids is 2. The molecule has 1 heterocycles. The number of anilines is 1. The Morgan fingerprint density at radius 3 is 2.59 bits per heavy atom. The number of nitrogens with one attached hydrogen (secondary N) is 1. The smallest absolute Gasteiger partial charge is 0.288 e. The Bertz CT molecular complexity index is 833. The average molecular weight is 411 g/mol. The lowest BCUT2D eigenvalue weighted by atomic mass is 10.1. The largest absolute Gasteiger partial charge is 0.337 e. The van der Waals surface area contributed by atoms with Crippen LogP contribution in [0.2, 0.25) is 5.02 Å². The zero-order chi connectivity index (χ0) is 19.4. The number of nitrogens with zero attached hydrogens (tertiary/aromatic N) is 1. The molecule has 2 aromatic carbocycles. The van der Waals surface area contributed by atoms with Crippen molar-refractivity contribution in [3.63, 3.8) is 0 Å². The second-order valence-corrected chi connectivity index (χ2v) is 7.63. The van der Waals surface area contributed by atoms with Crippen LogP contribution in [0.25, 0.3) is 0 Å². The standard InChI is InChI=1S/C19H17ClF2N2O2S/c20-16-4-2-1-3-12(16)10-24-11-13(9-17(24)25)18(26)23-14-5-7-15(8-6-14)27-19(21)22/h1-8,13,19H,9-11H2,(H,23,26)/t13-/m1/s1. The number of carbonyl (C=O) groups is 2. The van der Waals surface area contributed by atoms with Gasteiger partial charge in [-0.25, -0.2) is 0 Å². The Labute approximate surface area is 164 Å².